The highest BCUT2D eigenvalue weighted by molar-refractivity contribution is 7.99. The number of hydrogen-bond acceptors (Lipinski definition) is 1. The molecule has 0 spiro atoms. The summed E-state index contributed by atoms with van der Waals surface area (Å²) in [4.78, 5) is 0. The van der Waals surface area contributed by atoms with E-state index in [4.69, 9.17) is 0 Å². The number of rotatable bonds is 4. The Hall–Kier alpha value is -0.690. The fraction of sp³-hybridized carbons (Fsp3) is 0.333. The predicted octanol–water partition coefficient (Wildman–Crippen LogP) is 3.71. The molecule has 0 bridgehead atoms. The highest BCUT2D eigenvalue weighted by Crippen LogP contribution is 2.27. The first-order valence-corrected chi connectivity index (χ1v) is 5.78. The molecule has 2 atom stereocenters. The number of hydrogen-bond donors (Lipinski definition) is 0. The second kappa shape index (κ2) is 5.13. The van der Waals surface area contributed by atoms with Crippen LogP contribution in [0.1, 0.15) is 18.4 Å². The Morgan fingerprint density at radius 3 is 2.38 bits per heavy atom. The van der Waals surface area contributed by atoms with Crippen molar-refractivity contribution in [1.29, 1.82) is 0 Å². The van der Waals surface area contributed by atoms with Crippen molar-refractivity contribution in [2.45, 2.75) is 18.1 Å². The van der Waals surface area contributed by atoms with E-state index in [2.05, 4.69) is 50.1 Å². The molecule has 0 amide bonds. The van der Waals surface area contributed by atoms with E-state index >= 15 is 0 Å². The molecule has 0 heterocycles. The SMILES string of the molecule is C=C[C@@H](SC)[C@H](C)c1ccccc1. The quantitative estimate of drug-likeness (QED) is 0.655. The Kier molecular flexibility index (Phi) is 4.10. The van der Waals surface area contributed by atoms with Crippen LogP contribution in [0, 0.1) is 0 Å². The zero-order valence-corrected chi connectivity index (χ0v) is 9.05. The van der Waals surface area contributed by atoms with Gasteiger partial charge in [0.25, 0.3) is 0 Å². The smallest absolute Gasteiger partial charge is 0.0287 e. The van der Waals surface area contributed by atoms with Gasteiger partial charge in [-0.15, -0.1) is 6.58 Å². The van der Waals surface area contributed by atoms with Crippen molar-refractivity contribution in [2.24, 2.45) is 0 Å². The molecule has 0 aliphatic carbocycles. The van der Waals surface area contributed by atoms with Gasteiger partial charge >= 0.3 is 0 Å². The summed E-state index contributed by atoms with van der Waals surface area (Å²) in [5, 5.41) is 0.516. The summed E-state index contributed by atoms with van der Waals surface area (Å²) >= 11 is 1.85. The fourth-order valence-electron chi connectivity index (χ4n) is 1.45. The normalized spacial score (nSPS) is 14.9. The van der Waals surface area contributed by atoms with Crippen LogP contribution in [0.5, 0.6) is 0 Å². The first-order chi connectivity index (χ1) is 6.29. The molecule has 1 rings (SSSR count). The molecule has 0 radical (unpaired) electrons. The van der Waals surface area contributed by atoms with Crippen LogP contribution >= 0.6 is 11.8 Å². The van der Waals surface area contributed by atoms with E-state index in [1.165, 1.54) is 5.56 Å². The Bertz CT molecular complexity index is 253. The van der Waals surface area contributed by atoms with Crippen molar-refractivity contribution in [2.75, 3.05) is 6.26 Å². The third-order valence-corrected chi connectivity index (χ3v) is 3.47. The van der Waals surface area contributed by atoms with Gasteiger partial charge in [-0.3, -0.25) is 0 Å². The van der Waals surface area contributed by atoms with Crippen LogP contribution in [0.15, 0.2) is 43.0 Å². The van der Waals surface area contributed by atoms with E-state index in [0.29, 0.717) is 11.2 Å². The molecule has 13 heavy (non-hydrogen) atoms. The van der Waals surface area contributed by atoms with Gasteiger partial charge in [0.05, 0.1) is 0 Å². The summed E-state index contributed by atoms with van der Waals surface area (Å²) < 4.78 is 0. The van der Waals surface area contributed by atoms with Crippen LogP contribution < -0.4 is 0 Å². The lowest BCUT2D eigenvalue weighted by molar-refractivity contribution is 0.798. The van der Waals surface area contributed by atoms with E-state index in [0.717, 1.165) is 0 Å². The molecule has 0 saturated heterocycles. The first kappa shape index (κ1) is 10.4. The minimum absolute atomic E-state index is 0.516. The summed E-state index contributed by atoms with van der Waals surface area (Å²) in [5.41, 5.74) is 1.39. The topological polar surface area (TPSA) is 0 Å². The average molecular weight is 192 g/mol. The largest absolute Gasteiger partial charge is 0.157 e. The maximum absolute atomic E-state index is 3.86. The van der Waals surface area contributed by atoms with Crippen LogP contribution in [-0.2, 0) is 0 Å². The monoisotopic (exact) mass is 192 g/mol. The number of benzene rings is 1. The molecule has 0 aliphatic heterocycles. The highest BCUT2D eigenvalue weighted by atomic mass is 32.2. The summed E-state index contributed by atoms with van der Waals surface area (Å²) in [5.74, 6) is 0.550. The molecule has 1 aromatic rings. The second-order valence-electron chi connectivity index (χ2n) is 3.14. The van der Waals surface area contributed by atoms with Crippen molar-refractivity contribution in [3.63, 3.8) is 0 Å². The third kappa shape index (κ3) is 2.63. The molecule has 0 aromatic heterocycles. The van der Waals surface area contributed by atoms with Gasteiger partial charge in [-0.2, -0.15) is 11.8 Å². The lowest BCUT2D eigenvalue weighted by atomic mass is 9.98. The van der Waals surface area contributed by atoms with E-state index in [1.807, 2.05) is 17.8 Å². The van der Waals surface area contributed by atoms with Crippen LogP contribution in [0.25, 0.3) is 0 Å². The van der Waals surface area contributed by atoms with Gasteiger partial charge in [0.1, 0.15) is 0 Å². The molecular weight excluding hydrogens is 176 g/mol. The van der Waals surface area contributed by atoms with Gasteiger partial charge in [0, 0.05) is 5.25 Å². The molecule has 0 nitrogen and oxygen atoms in total. The van der Waals surface area contributed by atoms with Gasteiger partial charge in [0.15, 0.2) is 0 Å². The molecule has 0 aliphatic rings. The minimum atomic E-state index is 0.516. The summed E-state index contributed by atoms with van der Waals surface area (Å²) in [7, 11) is 0. The Morgan fingerprint density at radius 1 is 1.31 bits per heavy atom. The Balaban J connectivity index is 2.77. The predicted molar refractivity (Wildman–Crippen MR) is 62.4 cm³/mol. The molecule has 0 unspecified atom stereocenters. The lowest BCUT2D eigenvalue weighted by Crippen LogP contribution is -2.08. The van der Waals surface area contributed by atoms with E-state index in [-0.39, 0.29) is 0 Å². The molecule has 1 heteroatoms. The number of thioether (sulfide) groups is 1. The maximum atomic E-state index is 3.86. The zero-order chi connectivity index (χ0) is 9.68. The highest BCUT2D eigenvalue weighted by Gasteiger charge is 2.13. The summed E-state index contributed by atoms with van der Waals surface area (Å²) in [6, 6.07) is 10.6. The Labute approximate surface area is 85.1 Å². The van der Waals surface area contributed by atoms with Crippen molar-refractivity contribution in [3.05, 3.63) is 48.6 Å². The lowest BCUT2D eigenvalue weighted by Gasteiger charge is -2.18. The van der Waals surface area contributed by atoms with E-state index in [1.54, 1.807) is 0 Å². The molecular formula is C12H16S. The zero-order valence-electron chi connectivity index (χ0n) is 8.23. The molecule has 70 valence electrons. The summed E-state index contributed by atoms with van der Waals surface area (Å²) in [6.45, 7) is 6.11. The van der Waals surface area contributed by atoms with Crippen molar-refractivity contribution < 1.29 is 0 Å². The molecule has 0 saturated carbocycles. The van der Waals surface area contributed by atoms with Gasteiger partial charge < -0.3 is 0 Å². The van der Waals surface area contributed by atoms with Crippen LogP contribution in [0.2, 0.25) is 0 Å². The standard InChI is InChI=1S/C12H16S/c1-4-12(13-3)10(2)11-8-6-5-7-9-11/h4-10,12H,1H2,2-3H3/t10-,12-/m1/s1. The molecule has 0 N–H and O–H groups in total. The first-order valence-electron chi connectivity index (χ1n) is 4.50. The fourth-order valence-corrected chi connectivity index (χ4v) is 2.21. The van der Waals surface area contributed by atoms with E-state index < -0.39 is 0 Å². The molecule has 1 aromatic carbocycles. The van der Waals surface area contributed by atoms with Crippen molar-refractivity contribution in [3.8, 4) is 0 Å². The second-order valence-corrected chi connectivity index (χ2v) is 4.15. The maximum Gasteiger partial charge on any atom is 0.0287 e. The van der Waals surface area contributed by atoms with Crippen LogP contribution in [0.4, 0.5) is 0 Å². The third-order valence-electron chi connectivity index (χ3n) is 2.32. The van der Waals surface area contributed by atoms with Crippen LogP contribution in [-0.4, -0.2) is 11.5 Å². The van der Waals surface area contributed by atoms with E-state index in [9.17, 15) is 0 Å². The van der Waals surface area contributed by atoms with Crippen LogP contribution in [0.3, 0.4) is 0 Å². The Morgan fingerprint density at radius 2 is 1.92 bits per heavy atom. The van der Waals surface area contributed by atoms with Gasteiger partial charge in [0.2, 0.25) is 0 Å². The summed E-state index contributed by atoms with van der Waals surface area (Å²) in [6.07, 6.45) is 4.16. The average Bonchev–Trinajstić information content (AvgIpc) is 2.21. The van der Waals surface area contributed by atoms with Gasteiger partial charge in [-0.25, -0.2) is 0 Å². The van der Waals surface area contributed by atoms with Crippen molar-refractivity contribution >= 4 is 11.8 Å². The molecule has 0 fully saturated rings. The minimum Gasteiger partial charge on any atom is -0.157 e. The van der Waals surface area contributed by atoms with Crippen molar-refractivity contribution in [1.82, 2.24) is 0 Å². The van der Waals surface area contributed by atoms with Gasteiger partial charge in [-0.05, 0) is 17.7 Å². The van der Waals surface area contributed by atoms with Gasteiger partial charge in [-0.1, -0.05) is 43.3 Å².